The van der Waals surface area contributed by atoms with Crippen LogP contribution in [0.4, 0.5) is 5.69 Å². The van der Waals surface area contributed by atoms with Crippen LogP contribution in [0.3, 0.4) is 0 Å². The van der Waals surface area contributed by atoms with Crippen molar-refractivity contribution in [1.82, 2.24) is 0 Å². The fraction of sp³-hybridized carbons (Fsp3) is 0.526. The van der Waals surface area contributed by atoms with Crippen molar-refractivity contribution >= 4 is 17.2 Å². The summed E-state index contributed by atoms with van der Waals surface area (Å²) in [6, 6.07) is 7.18. The summed E-state index contributed by atoms with van der Waals surface area (Å²) in [7, 11) is 0. The smallest absolute Gasteiger partial charge is 0.328 e. The lowest BCUT2D eigenvalue weighted by atomic mass is 9.90. The molecule has 0 amide bonds. The number of fused-ring (bicyclic) bond motifs is 1. The van der Waals surface area contributed by atoms with Crippen LogP contribution in [0.2, 0.25) is 0 Å². The lowest BCUT2D eigenvalue weighted by Crippen LogP contribution is -2.40. The van der Waals surface area contributed by atoms with Crippen molar-refractivity contribution in [3.63, 3.8) is 0 Å². The summed E-state index contributed by atoms with van der Waals surface area (Å²) < 4.78 is 0. The van der Waals surface area contributed by atoms with Gasteiger partial charge in [0.2, 0.25) is 0 Å². The molecule has 0 atom stereocenters. The number of allylic oxidation sites excluding steroid dienone is 1. The van der Waals surface area contributed by atoms with Crippen LogP contribution >= 0.6 is 0 Å². The third kappa shape index (κ3) is 3.18. The molecule has 1 heterocycles. The van der Waals surface area contributed by atoms with E-state index in [0.717, 1.165) is 17.6 Å². The highest BCUT2D eigenvalue weighted by Gasteiger charge is 2.25. The van der Waals surface area contributed by atoms with Crippen LogP contribution in [-0.2, 0) is 11.2 Å². The summed E-state index contributed by atoms with van der Waals surface area (Å²) in [6.07, 6.45) is 10.3. The molecule has 3 nitrogen and oxygen atoms in total. The third-order valence-corrected chi connectivity index (χ3v) is 5.04. The number of anilines is 1. The first-order chi connectivity index (χ1) is 10.6. The maximum atomic E-state index is 10.8. The van der Waals surface area contributed by atoms with Crippen molar-refractivity contribution in [2.75, 3.05) is 11.4 Å². The summed E-state index contributed by atoms with van der Waals surface area (Å²) in [5, 5.41) is 8.91. The maximum absolute atomic E-state index is 10.8. The standard InChI is InChI=1S/C19H25NO2/c1-14(12-19(21)22)15-9-10-18-16(13-15)6-5-11-20(18)17-7-3-2-4-8-17/h9-10,12-13,17H,2-8,11H2,1H3,(H,21,22)/b14-12-. The second-order valence-electron chi connectivity index (χ2n) is 6.60. The molecule has 0 bridgehead atoms. The lowest BCUT2D eigenvalue weighted by Gasteiger charge is -2.40. The largest absolute Gasteiger partial charge is 0.478 e. The van der Waals surface area contributed by atoms with E-state index in [2.05, 4.69) is 23.1 Å². The van der Waals surface area contributed by atoms with E-state index in [9.17, 15) is 4.79 Å². The summed E-state index contributed by atoms with van der Waals surface area (Å²) in [5.41, 5.74) is 4.62. The Labute approximate surface area is 132 Å². The number of benzene rings is 1. The summed E-state index contributed by atoms with van der Waals surface area (Å²) in [5.74, 6) is -0.876. The fourth-order valence-corrected chi connectivity index (χ4v) is 3.91. The molecular weight excluding hydrogens is 274 g/mol. The van der Waals surface area contributed by atoms with E-state index in [1.54, 1.807) is 0 Å². The number of hydrogen-bond donors (Lipinski definition) is 1. The summed E-state index contributed by atoms with van der Waals surface area (Å²) >= 11 is 0. The van der Waals surface area contributed by atoms with Gasteiger partial charge in [-0.2, -0.15) is 0 Å². The van der Waals surface area contributed by atoms with Crippen LogP contribution in [0, 0.1) is 0 Å². The molecule has 2 aliphatic rings. The van der Waals surface area contributed by atoms with E-state index in [-0.39, 0.29) is 0 Å². The van der Waals surface area contributed by atoms with E-state index < -0.39 is 5.97 Å². The Morgan fingerprint density at radius 3 is 2.73 bits per heavy atom. The minimum absolute atomic E-state index is 0.703. The van der Waals surface area contributed by atoms with Gasteiger partial charge in [-0.3, -0.25) is 0 Å². The molecule has 0 aromatic heterocycles. The van der Waals surface area contributed by atoms with E-state index in [1.165, 1.54) is 62.4 Å². The Kier molecular flexibility index (Phi) is 4.51. The highest BCUT2D eigenvalue weighted by Crippen LogP contribution is 2.35. The monoisotopic (exact) mass is 299 g/mol. The third-order valence-electron chi connectivity index (χ3n) is 5.04. The van der Waals surface area contributed by atoms with Crippen LogP contribution < -0.4 is 4.90 Å². The number of carboxylic acid groups (broad SMARTS) is 1. The van der Waals surface area contributed by atoms with Gasteiger partial charge in [0, 0.05) is 24.4 Å². The minimum Gasteiger partial charge on any atom is -0.478 e. The molecule has 1 aliphatic heterocycles. The molecule has 0 unspecified atom stereocenters. The Morgan fingerprint density at radius 1 is 1.23 bits per heavy atom. The molecule has 118 valence electrons. The number of carboxylic acids is 1. The van der Waals surface area contributed by atoms with E-state index in [4.69, 9.17) is 5.11 Å². The molecule has 0 saturated heterocycles. The minimum atomic E-state index is -0.876. The molecule has 1 saturated carbocycles. The van der Waals surface area contributed by atoms with Gasteiger partial charge >= 0.3 is 5.97 Å². The predicted molar refractivity (Wildman–Crippen MR) is 90.3 cm³/mol. The Balaban J connectivity index is 1.87. The SMILES string of the molecule is C/C(=C/C(=O)O)c1ccc2c(c1)CCCN2C1CCCCC1. The number of hydrogen-bond acceptors (Lipinski definition) is 2. The molecule has 1 aliphatic carbocycles. The van der Waals surface area contributed by atoms with Gasteiger partial charge in [0.25, 0.3) is 0 Å². The second-order valence-corrected chi connectivity index (χ2v) is 6.60. The Hall–Kier alpha value is -1.77. The number of rotatable bonds is 3. The van der Waals surface area contributed by atoms with Crippen molar-refractivity contribution in [2.45, 2.75) is 57.9 Å². The van der Waals surface area contributed by atoms with E-state index >= 15 is 0 Å². The first-order valence-electron chi connectivity index (χ1n) is 8.46. The topological polar surface area (TPSA) is 40.5 Å². The predicted octanol–water partition coefficient (Wildman–Crippen LogP) is 4.26. The van der Waals surface area contributed by atoms with Gasteiger partial charge in [-0.15, -0.1) is 0 Å². The van der Waals surface area contributed by atoms with E-state index in [0.29, 0.717) is 6.04 Å². The molecule has 0 radical (unpaired) electrons. The first-order valence-corrected chi connectivity index (χ1v) is 8.46. The molecule has 22 heavy (non-hydrogen) atoms. The second kappa shape index (κ2) is 6.55. The van der Waals surface area contributed by atoms with Gasteiger partial charge in [0.1, 0.15) is 0 Å². The van der Waals surface area contributed by atoms with Gasteiger partial charge < -0.3 is 10.0 Å². The van der Waals surface area contributed by atoms with Crippen molar-refractivity contribution < 1.29 is 9.90 Å². The average molecular weight is 299 g/mol. The summed E-state index contributed by atoms with van der Waals surface area (Å²) in [6.45, 7) is 3.04. The molecule has 1 fully saturated rings. The number of nitrogens with zero attached hydrogens (tertiary/aromatic N) is 1. The molecule has 0 spiro atoms. The average Bonchev–Trinajstić information content (AvgIpc) is 2.54. The van der Waals surface area contributed by atoms with Crippen LogP contribution in [0.1, 0.15) is 56.6 Å². The van der Waals surface area contributed by atoms with Gasteiger partial charge in [0.05, 0.1) is 0 Å². The lowest BCUT2D eigenvalue weighted by molar-refractivity contribution is -0.131. The molecule has 3 heteroatoms. The zero-order valence-corrected chi connectivity index (χ0v) is 13.3. The molecular formula is C19H25NO2. The van der Waals surface area contributed by atoms with Crippen LogP contribution in [-0.4, -0.2) is 23.7 Å². The van der Waals surface area contributed by atoms with Crippen LogP contribution in [0.15, 0.2) is 24.3 Å². The first kappa shape index (κ1) is 15.1. The molecule has 3 rings (SSSR count). The quantitative estimate of drug-likeness (QED) is 0.848. The zero-order valence-electron chi connectivity index (χ0n) is 13.3. The highest BCUT2D eigenvalue weighted by atomic mass is 16.4. The van der Waals surface area contributed by atoms with Crippen LogP contribution in [0.25, 0.3) is 5.57 Å². The van der Waals surface area contributed by atoms with Crippen molar-refractivity contribution in [3.8, 4) is 0 Å². The highest BCUT2D eigenvalue weighted by molar-refractivity contribution is 5.89. The van der Waals surface area contributed by atoms with Crippen LogP contribution in [0.5, 0.6) is 0 Å². The number of aliphatic carboxylic acids is 1. The zero-order chi connectivity index (χ0) is 15.5. The van der Waals surface area contributed by atoms with Gasteiger partial charge in [-0.05, 0) is 61.4 Å². The van der Waals surface area contributed by atoms with Crippen molar-refractivity contribution in [3.05, 3.63) is 35.4 Å². The maximum Gasteiger partial charge on any atom is 0.328 e. The van der Waals surface area contributed by atoms with Gasteiger partial charge in [0.15, 0.2) is 0 Å². The number of aryl methyl sites for hydroxylation is 1. The normalized spacial score (nSPS) is 19.9. The van der Waals surface area contributed by atoms with Crippen molar-refractivity contribution in [1.29, 1.82) is 0 Å². The molecule has 1 aromatic carbocycles. The van der Waals surface area contributed by atoms with E-state index in [1.807, 2.05) is 6.92 Å². The van der Waals surface area contributed by atoms with Crippen molar-refractivity contribution in [2.24, 2.45) is 0 Å². The molecule has 1 N–H and O–H groups in total. The molecule has 1 aromatic rings. The van der Waals surface area contributed by atoms with Gasteiger partial charge in [-0.1, -0.05) is 25.3 Å². The summed E-state index contributed by atoms with van der Waals surface area (Å²) in [4.78, 5) is 13.5. The Bertz CT molecular complexity index is 585. The fourth-order valence-electron chi connectivity index (χ4n) is 3.91. The number of carbonyl (C=O) groups is 1. The Morgan fingerprint density at radius 2 is 2.00 bits per heavy atom. The van der Waals surface area contributed by atoms with Gasteiger partial charge in [-0.25, -0.2) is 4.79 Å².